The number of nitrogens with zero attached hydrogens (tertiary/aromatic N) is 2. The van der Waals surface area contributed by atoms with Crippen molar-refractivity contribution in [2.45, 2.75) is 20.0 Å². The van der Waals surface area contributed by atoms with E-state index in [0.717, 1.165) is 39.4 Å². The standard InChI is InChI=1S/C11H19N3O/c1-2-13-5-3-4-11(13)10-12-14-6-8-15-9-7-14/h3-5,12H,2,6-10H2,1H3. The topological polar surface area (TPSA) is 29.4 Å². The zero-order valence-corrected chi connectivity index (χ0v) is 9.28. The third kappa shape index (κ3) is 2.81. The molecule has 0 aliphatic carbocycles. The van der Waals surface area contributed by atoms with Gasteiger partial charge in [0.05, 0.1) is 19.8 Å². The number of nitrogens with one attached hydrogen (secondary N) is 1. The van der Waals surface area contributed by atoms with Gasteiger partial charge in [0.2, 0.25) is 0 Å². The fourth-order valence-electron chi connectivity index (χ4n) is 1.83. The molecule has 0 bridgehead atoms. The van der Waals surface area contributed by atoms with Crippen LogP contribution < -0.4 is 5.43 Å². The molecule has 1 fully saturated rings. The van der Waals surface area contributed by atoms with Crippen molar-refractivity contribution in [2.75, 3.05) is 26.3 Å². The maximum Gasteiger partial charge on any atom is 0.0608 e. The van der Waals surface area contributed by atoms with Gasteiger partial charge in [0.1, 0.15) is 0 Å². The molecule has 1 N–H and O–H groups in total. The van der Waals surface area contributed by atoms with E-state index in [-0.39, 0.29) is 0 Å². The lowest BCUT2D eigenvalue weighted by molar-refractivity contribution is 0.0102. The first-order chi connectivity index (χ1) is 7.40. The zero-order valence-electron chi connectivity index (χ0n) is 9.28. The van der Waals surface area contributed by atoms with Gasteiger partial charge in [-0.1, -0.05) is 0 Å². The Bertz CT molecular complexity index is 292. The lowest BCUT2D eigenvalue weighted by Gasteiger charge is -2.27. The van der Waals surface area contributed by atoms with E-state index >= 15 is 0 Å². The van der Waals surface area contributed by atoms with Crippen molar-refractivity contribution in [2.24, 2.45) is 0 Å². The first-order valence-electron chi connectivity index (χ1n) is 5.60. The molecule has 0 aromatic carbocycles. The molecule has 1 aromatic rings. The molecule has 2 heterocycles. The van der Waals surface area contributed by atoms with E-state index in [1.54, 1.807) is 0 Å². The van der Waals surface area contributed by atoms with Gasteiger partial charge in [0.15, 0.2) is 0 Å². The molecule has 2 rings (SSSR count). The predicted molar refractivity (Wildman–Crippen MR) is 59.3 cm³/mol. The van der Waals surface area contributed by atoms with Crippen molar-refractivity contribution in [3.63, 3.8) is 0 Å². The summed E-state index contributed by atoms with van der Waals surface area (Å²) >= 11 is 0. The Balaban J connectivity index is 1.81. The van der Waals surface area contributed by atoms with Crippen LogP contribution in [0.5, 0.6) is 0 Å². The third-order valence-electron chi connectivity index (χ3n) is 2.76. The third-order valence-corrected chi connectivity index (χ3v) is 2.76. The van der Waals surface area contributed by atoms with E-state index in [9.17, 15) is 0 Å². The second-order valence-corrected chi connectivity index (χ2v) is 3.72. The Kier molecular flexibility index (Phi) is 3.77. The summed E-state index contributed by atoms with van der Waals surface area (Å²) in [6, 6.07) is 4.26. The number of hydrazine groups is 1. The van der Waals surface area contributed by atoms with E-state index in [4.69, 9.17) is 4.74 Å². The van der Waals surface area contributed by atoms with Crippen molar-refractivity contribution < 1.29 is 4.74 Å². The summed E-state index contributed by atoms with van der Waals surface area (Å²) < 4.78 is 7.55. The quantitative estimate of drug-likeness (QED) is 0.797. The number of aromatic nitrogens is 1. The molecular formula is C11H19N3O. The van der Waals surface area contributed by atoms with Crippen LogP contribution in [0.15, 0.2) is 18.3 Å². The predicted octanol–water partition coefficient (Wildman–Crippen LogP) is 0.845. The summed E-state index contributed by atoms with van der Waals surface area (Å²) in [5, 5.41) is 2.23. The first kappa shape index (κ1) is 10.7. The molecule has 0 amide bonds. The average molecular weight is 209 g/mol. The van der Waals surface area contributed by atoms with Crippen LogP contribution in [0.1, 0.15) is 12.6 Å². The highest BCUT2D eigenvalue weighted by molar-refractivity contribution is 5.06. The van der Waals surface area contributed by atoms with Gasteiger partial charge in [-0.15, -0.1) is 0 Å². The van der Waals surface area contributed by atoms with Crippen molar-refractivity contribution in [3.05, 3.63) is 24.0 Å². The molecule has 4 nitrogen and oxygen atoms in total. The van der Waals surface area contributed by atoms with Crippen LogP contribution in [0.25, 0.3) is 0 Å². The van der Waals surface area contributed by atoms with Crippen LogP contribution in [0.4, 0.5) is 0 Å². The normalized spacial score (nSPS) is 18.2. The van der Waals surface area contributed by atoms with Crippen LogP contribution in [0, 0.1) is 0 Å². The van der Waals surface area contributed by atoms with Crippen LogP contribution in [0.3, 0.4) is 0 Å². The number of aryl methyl sites for hydroxylation is 1. The largest absolute Gasteiger partial charge is 0.379 e. The molecule has 0 saturated carbocycles. The van der Waals surface area contributed by atoms with Gasteiger partial charge in [-0.25, -0.2) is 10.4 Å². The fraction of sp³-hybridized carbons (Fsp3) is 0.636. The highest BCUT2D eigenvalue weighted by Crippen LogP contribution is 2.02. The van der Waals surface area contributed by atoms with Crippen LogP contribution in [0.2, 0.25) is 0 Å². The Morgan fingerprint density at radius 2 is 2.20 bits per heavy atom. The van der Waals surface area contributed by atoms with Crippen molar-refractivity contribution in [1.82, 2.24) is 15.0 Å². The lowest BCUT2D eigenvalue weighted by atomic mass is 10.4. The first-order valence-corrected chi connectivity index (χ1v) is 5.60. The van der Waals surface area contributed by atoms with Crippen molar-refractivity contribution in [1.29, 1.82) is 0 Å². The molecule has 1 aliphatic heterocycles. The average Bonchev–Trinajstić information content (AvgIpc) is 2.75. The molecule has 1 aliphatic rings. The molecule has 4 heteroatoms. The maximum absolute atomic E-state index is 5.29. The number of rotatable bonds is 4. The van der Waals surface area contributed by atoms with Gasteiger partial charge < -0.3 is 9.30 Å². The molecule has 1 aromatic heterocycles. The number of morpholine rings is 1. The summed E-state index contributed by atoms with van der Waals surface area (Å²) in [6.45, 7) is 7.73. The van der Waals surface area contributed by atoms with E-state index in [0.29, 0.717) is 0 Å². The molecule has 0 radical (unpaired) electrons. The van der Waals surface area contributed by atoms with Gasteiger partial charge in [0, 0.05) is 31.5 Å². The van der Waals surface area contributed by atoms with Crippen LogP contribution in [-0.4, -0.2) is 35.9 Å². The van der Waals surface area contributed by atoms with Gasteiger partial charge in [-0.05, 0) is 19.1 Å². The number of hydrogen-bond acceptors (Lipinski definition) is 3. The molecule has 1 saturated heterocycles. The summed E-state index contributed by atoms with van der Waals surface area (Å²) in [7, 11) is 0. The minimum atomic E-state index is 0.835. The van der Waals surface area contributed by atoms with Gasteiger partial charge in [0.25, 0.3) is 0 Å². The minimum Gasteiger partial charge on any atom is -0.379 e. The van der Waals surface area contributed by atoms with E-state index in [2.05, 4.69) is 40.3 Å². The van der Waals surface area contributed by atoms with Crippen molar-refractivity contribution in [3.8, 4) is 0 Å². The second-order valence-electron chi connectivity index (χ2n) is 3.72. The summed E-state index contributed by atoms with van der Waals surface area (Å²) in [5.74, 6) is 0. The number of ether oxygens (including phenoxy) is 1. The molecule has 0 spiro atoms. The lowest BCUT2D eigenvalue weighted by Crippen LogP contribution is -2.45. The second kappa shape index (κ2) is 5.30. The Labute approximate surface area is 90.8 Å². The monoisotopic (exact) mass is 209 g/mol. The minimum absolute atomic E-state index is 0.835. The number of hydrogen-bond donors (Lipinski definition) is 1. The van der Waals surface area contributed by atoms with Gasteiger partial charge in [-0.3, -0.25) is 0 Å². The molecule has 0 atom stereocenters. The SMILES string of the molecule is CCn1cccc1CNN1CCOCC1. The highest BCUT2D eigenvalue weighted by atomic mass is 16.5. The van der Waals surface area contributed by atoms with E-state index in [1.807, 2.05) is 0 Å². The Morgan fingerprint density at radius 3 is 2.93 bits per heavy atom. The summed E-state index contributed by atoms with van der Waals surface area (Å²) in [4.78, 5) is 0. The molecule has 0 unspecified atom stereocenters. The van der Waals surface area contributed by atoms with E-state index in [1.165, 1.54) is 5.69 Å². The maximum atomic E-state index is 5.29. The van der Waals surface area contributed by atoms with E-state index < -0.39 is 0 Å². The van der Waals surface area contributed by atoms with Gasteiger partial charge in [-0.2, -0.15) is 0 Å². The Hall–Kier alpha value is -0.840. The van der Waals surface area contributed by atoms with Gasteiger partial charge >= 0.3 is 0 Å². The molecule has 15 heavy (non-hydrogen) atoms. The molecular weight excluding hydrogens is 190 g/mol. The van der Waals surface area contributed by atoms with Crippen LogP contribution >= 0.6 is 0 Å². The zero-order chi connectivity index (χ0) is 10.5. The highest BCUT2D eigenvalue weighted by Gasteiger charge is 2.09. The van der Waals surface area contributed by atoms with Crippen LogP contribution in [-0.2, 0) is 17.8 Å². The smallest absolute Gasteiger partial charge is 0.0608 e. The Morgan fingerprint density at radius 1 is 1.40 bits per heavy atom. The van der Waals surface area contributed by atoms with Crippen molar-refractivity contribution >= 4 is 0 Å². The molecule has 84 valence electrons. The summed E-state index contributed by atoms with van der Waals surface area (Å²) in [5.41, 5.74) is 4.77. The fourth-order valence-corrected chi connectivity index (χ4v) is 1.83. The summed E-state index contributed by atoms with van der Waals surface area (Å²) in [6.07, 6.45) is 2.12.